The van der Waals surface area contributed by atoms with Crippen molar-refractivity contribution in [2.24, 2.45) is 0 Å². The molecule has 0 spiro atoms. The highest BCUT2D eigenvalue weighted by atomic mass is 19.4. The highest BCUT2D eigenvalue weighted by Gasteiger charge is 2.34. The second-order valence-electron chi connectivity index (χ2n) is 5.04. The largest absolute Gasteiger partial charge is 0.419 e. The highest BCUT2D eigenvalue weighted by Crippen LogP contribution is 2.33. The third-order valence-electron chi connectivity index (χ3n) is 3.68. The van der Waals surface area contributed by atoms with Crippen LogP contribution < -0.4 is 5.32 Å². The molecule has 3 nitrogen and oxygen atoms in total. The maximum Gasteiger partial charge on any atom is 0.419 e. The number of alkyl halides is 3. The molecule has 0 radical (unpaired) electrons. The lowest BCUT2D eigenvalue weighted by atomic mass is 10.1. The standard InChI is InChI=1S/C14H13F4N3/c15-12-2-1-10(5-11(12)14(16,17)18)21-8-20-7-13(21)9-3-4-19-6-9/h1-2,5,7-9,19H,3-4,6H2. The topological polar surface area (TPSA) is 29.9 Å². The lowest BCUT2D eigenvalue weighted by Gasteiger charge is -2.15. The predicted octanol–water partition coefficient (Wildman–Crippen LogP) is 3.11. The molecule has 0 saturated carbocycles. The van der Waals surface area contributed by atoms with Crippen molar-refractivity contribution in [3.8, 4) is 5.69 Å². The number of imidazole rings is 1. The lowest BCUT2D eigenvalue weighted by Crippen LogP contribution is -2.12. The van der Waals surface area contributed by atoms with Crippen LogP contribution in [0.4, 0.5) is 17.6 Å². The summed E-state index contributed by atoms with van der Waals surface area (Å²) < 4.78 is 53.3. The number of halogens is 4. The molecule has 7 heteroatoms. The van der Waals surface area contributed by atoms with Crippen molar-refractivity contribution in [2.75, 3.05) is 13.1 Å². The fourth-order valence-corrected chi connectivity index (χ4v) is 2.61. The van der Waals surface area contributed by atoms with Gasteiger partial charge in [0.05, 0.1) is 11.9 Å². The minimum atomic E-state index is -4.71. The zero-order valence-electron chi connectivity index (χ0n) is 11.0. The molecular weight excluding hydrogens is 286 g/mol. The Kier molecular flexibility index (Phi) is 3.44. The molecule has 1 aliphatic rings. The van der Waals surface area contributed by atoms with Crippen LogP contribution >= 0.6 is 0 Å². The van der Waals surface area contributed by atoms with E-state index in [-0.39, 0.29) is 11.6 Å². The Morgan fingerprint density at radius 1 is 1.29 bits per heavy atom. The third-order valence-corrected chi connectivity index (χ3v) is 3.68. The van der Waals surface area contributed by atoms with Crippen LogP contribution in [0.2, 0.25) is 0 Å². The van der Waals surface area contributed by atoms with Gasteiger partial charge in [-0.15, -0.1) is 0 Å². The maximum atomic E-state index is 13.4. The van der Waals surface area contributed by atoms with Gasteiger partial charge < -0.3 is 9.88 Å². The molecule has 2 aromatic rings. The van der Waals surface area contributed by atoms with Crippen molar-refractivity contribution in [1.29, 1.82) is 0 Å². The first kappa shape index (κ1) is 14.1. The Labute approximate surface area is 118 Å². The second-order valence-corrected chi connectivity index (χ2v) is 5.04. The molecule has 0 bridgehead atoms. The van der Waals surface area contributed by atoms with Crippen LogP contribution in [0.3, 0.4) is 0 Å². The first-order valence-corrected chi connectivity index (χ1v) is 6.57. The van der Waals surface area contributed by atoms with Crippen LogP contribution in [-0.2, 0) is 6.18 Å². The first-order chi connectivity index (χ1) is 9.97. The Hall–Kier alpha value is -1.89. The molecular formula is C14H13F4N3. The molecule has 112 valence electrons. The quantitative estimate of drug-likeness (QED) is 0.864. The third kappa shape index (κ3) is 2.65. The number of nitrogens with zero attached hydrogens (tertiary/aromatic N) is 2. The van der Waals surface area contributed by atoms with E-state index < -0.39 is 17.6 Å². The summed E-state index contributed by atoms with van der Waals surface area (Å²) in [5.41, 5.74) is -0.160. The number of hydrogen-bond acceptors (Lipinski definition) is 2. The van der Waals surface area contributed by atoms with Gasteiger partial charge in [0.15, 0.2) is 0 Å². The zero-order valence-corrected chi connectivity index (χ0v) is 11.0. The van der Waals surface area contributed by atoms with Crippen molar-refractivity contribution in [3.63, 3.8) is 0 Å². The number of benzene rings is 1. The van der Waals surface area contributed by atoms with Crippen molar-refractivity contribution in [2.45, 2.75) is 18.5 Å². The minimum absolute atomic E-state index is 0.201. The summed E-state index contributed by atoms with van der Waals surface area (Å²) in [6.07, 6.45) is -0.704. The van der Waals surface area contributed by atoms with Crippen molar-refractivity contribution in [1.82, 2.24) is 14.9 Å². The van der Waals surface area contributed by atoms with E-state index in [1.165, 1.54) is 12.4 Å². The van der Waals surface area contributed by atoms with Crippen LogP contribution in [0, 0.1) is 5.82 Å². The molecule has 1 atom stereocenters. The molecule has 21 heavy (non-hydrogen) atoms. The van der Waals surface area contributed by atoms with E-state index in [0.717, 1.165) is 37.3 Å². The van der Waals surface area contributed by atoms with E-state index in [1.54, 1.807) is 10.8 Å². The number of aromatic nitrogens is 2. The summed E-state index contributed by atoms with van der Waals surface area (Å²) in [7, 11) is 0. The van der Waals surface area contributed by atoms with E-state index in [2.05, 4.69) is 10.3 Å². The Balaban J connectivity index is 2.03. The molecule has 2 heterocycles. The van der Waals surface area contributed by atoms with Gasteiger partial charge in [-0.05, 0) is 31.2 Å². The molecule has 1 aromatic carbocycles. The summed E-state index contributed by atoms with van der Waals surface area (Å²) in [5, 5.41) is 3.20. The molecule has 3 rings (SSSR count). The molecule has 0 amide bonds. The fourth-order valence-electron chi connectivity index (χ4n) is 2.61. The van der Waals surface area contributed by atoms with Gasteiger partial charge >= 0.3 is 6.18 Å². The van der Waals surface area contributed by atoms with Crippen molar-refractivity contribution in [3.05, 3.63) is 47.8 Å². The molecule has 1 N–H and O–H groups in total. The summed E-state index contributed by atoms with van der Waals surface area (Å²) in [4.78, 5) is 4.02. The average Bonchev–Trinajstić information content (AvgIpc) is 3.08. The summed E-state index contributed by atoms with van der Waals surface area (Å²) >= 11 is 0. The van der Waals surface area contributed by atoms with Crippen molar-refractivity contribution >= 4 is 0 Å². The fraction of sp³-hybridized carbons (Fsp3) is 0.357. The maximum absolute atomic E-state index is 13.4. The number of rotatable bonds is 2. The van der Waals surface area contributed by atoms with Gasteiger partial charge in [0.2, 0.25) is 0 Å². The minimum Gasteiger partial charge on any atom is -0.316 e. The smallest absolute Gasteiger partial charge is 0.316 e. The van der Waals surface area contributed by atoms with E-state index in [9.17, 15) is 17.6 Å². The van der Waals surface area contributed by atoms with Gasteiger partial charge in [-0.1, -0.05) is 0 Å². The van der Waals surface area contributed by atoms with E-state index in [1.807, 2.05) is 0 Å². The Bertz CT molecular complexity index is 642. The molecule has 1 saturated heterocycles. The summed E-state index contributed by atoms with van der Waals surface area (Å²) in [6, 6.07) is 3.00. The van der Waals surface area contributed by atoms with Crippen LogP contribution in [0.5, 0.6) is 0 Å². The Morgan fingerprint density at radius 3 is 2.76 bits per heavy atom. The van der Waals surface area contributed by atoms with Gasteiger partial charge in [-0.25, -0.2) is 9.37 Å². The van der Waals surface area contributed by atoms with Crippen LogP contribution in [0.1, 0.15) is 23.6 Å². The van der Waals surface area contributed by atoms with Crippen LogP contribution in [-0.4, -0.2) is 22.6 Å². The van der Waals surface area contributed by atoms with E-state index in [4.69, 9.17) is 0 Å². The van der Waals surface area contributed by atoms with Gasteiger partial charge in [0.1, 0.15) is 5.82 Å². The SMILES string of the molecule is Fc1ccc(-n2cncc2C2CCNC2)cc1C(F)(F)F. The molecule has 1 fully saturated rings. The van der Waals surface area contributed by atoms with E-state index in [0.29, 0.717) is 0 Å². The second kappa shape index (κ2) is 5.14. The number of hydrogen-bond donors (Lipinski definition) is 1. The molecule has 0 aliphatic carbocycles. The van der Waals surface area contributed by atoms with Gasteiger partial charge in [-0.2, -0.15) is 13.2 Å². The monoisotopic (exact) mass is 299 g/mol. The molecule has 1 aromatic heterocycles. The van der Waals surface area contributed by atoms with Gasteiger partial charge in [0.25, 0.3) is 0 Å². The van der Waals surface area contributed by atoms with Crippen LogP contribution in [0.25, 0.3) is 5.69 Å². The zero-order chi connectivity index (χ0) is 15.0. The molecule has 1 unspecified atom stereocenters. The summed E-state index contributed by atoms with van der Waals surface area (Å²) in [5.74, 6) is -1.07. The average molecular weight is 299 g/mol. The van der Waals surface area contributed by atoms with E-state index >= 15 is 0 Å². The van der Waals surface area contributed by atoms with Gasteiger partial charge in [-0.3, -0.25) is 0 Å². The normalized spacial score (nSPS) is 19.1. The molecule has 1 aliphatic heterocycles. The van der Waals surface area contributed by atoms with Crippen LogP contribution in [0.15, 0.2) is 30.7 Å². The predicted molar refractivity (Wildman–Crippen MR) is 68.8 cm³/mol. The number of nitrogens with one attached hydrogen (secondary N) is 1. The van der Waals surface area contributed by atoms with Gasteiger partial charge in [0, 0.05) is 30.0 Å². The Morgan fingerprint density at radius 2 is 2.10 bits per heavy atom. The summed E-state index contributed by atoms with van der Waals surface area (Å²) in [6.45, 7) is 1.63. The van der Waals surface area contributed by atoms with Crippen molar-refractivity contribution < 1.29 is 17.6 Å². The first-order valence-electron chi connectivity index (χ1n) is 6.57. The lowest BCUT2D eigenvalue weighted by molar-refractivity contribution is -0.140. The highest BCUT2D eigenvalue weighted by molar-refractivity contribution is 5.40.